The largest absolute Gasteiger partial charge is 0.327 e. The monoisotopic (exact) mass is 182 g/mol. The Hall–Kier alpha value is -1.32. The van der Waals surface area contributed by atoms with E-state index in [9.17, 15) is 9.59 Å². The molecule has 0 aromatic heterocycles. The van der Waals surface area contributed by atoms with Crippen LogP contribution in [0, 0.1) is 0 Å². The lowest BCUT2D eigenvalue weighted by molar-refractivity contribution is -0.126. The van der Waals surface area contributed by atoms with E-state index in [1.807, 2.05) is 6.92 Å². The number of hydrogen-bond acceptors (Lipinski definition) is 2. The number of carbonyl (C=O) groups is 2. The summed E-state index contributed by atoms with van der Waals surface area (Å²) in [6.07, 6.45) is 1.59. The summed E-state index contributed by atoms with van der Waals surface area (Å²) in [6.45, 7) is 7.97. The molecule has 4 nitrogen and oxygen atoms in total. The molecule has 0 spiro atoms. The van der Waals surface area contributed by atoms with Gasteiger partial charge in [-0.2, -0.15) is 0 Å². The minimum absolute atomic E-state index is 0.140. The number of likely N-dealkylation sites (N-methyl/N-ethyl adjacent to an activating group) is 1. The molecule has 0 radical (unpaired) electrons. The van der Waals surface area contributed by atoms with E-state index in [4.69, 9.17) is 0 Å². The molecule has 0 aromatic carbocycles. The third-order valence-electron chi connectivity index (χ3n) is 2.20. The van der Waals surface area contributed by atoms with Crippen LogP contribution in [0.4, 0.5) is 4.79 Å². The Kier molecular flexibility index (Phi) is 2.70. The molecule has 13 heavy (non-hydrogen) atoms. The lowest BCUT2D eigenvalue weighted by Crippen LogP contribution is -2.38. The molecule has 0 bridgehead atoms. The quantitative estimate of drug-likeness (QED) is 0.479. The highest BCUT2D eigenvalue weighted by Crippen LogP contribution is 2.13. The summed E-state index contributed by atoms with van der Waals surface area (Å²) in [7, 11) is 0. The summed E-state index contributed by atoms with van der Waals surface area (Å²) in [5.74, 6) is -0.140. The molecule has 0 aliphatic carbocycles. The van der Waals surface area contributed by atoms with Gasteiger partial charge in [0.05, 0.1) is 6.04 Å². The summed E-state index contributed by atoms with van der Waals surface area (Å²) in [6, 6.07) is -0.420. The van der Waals surface area contributed by atoms with Gasteiger partial charge in [0, 0.05) is 6.54 Å². The Bertz CT molecular complexity index is 250. The predicted octanol–water partition coefficient (Wildman–Crippen LogP) is 0.845. The lowest BCUT2D eigenvalue weighted by Gasteiger charge is -2.19. The number of rotatable bonds is 3. The van der Waals surface area contributed by atoms with Crippen LogP contribution in [0.2, 0.25) is 0 Å². The normalized spacial score (nSPS) is 19.5. The van der Waals surface area contributed by atoms with Crippen LogP contribution in [-0.4, -0.2) is 40.9 Å². The molecule has 0 saturated carbocycles. The van der Waals surface area contributed by atoms with Gasteiger partial charge in [0.15, 0.2) is 0 Å². The molecule has 1 atom stereocenters. The summed E-state index contributed by atoms with van der Waals surface area (Å²) >= 11 is 0. The van der Waals surface area contributed by atoms with E-state index in [1.54, 1.807) is 13.0 Å². The Balaban J connectivity index is 2.81. The smallest absolute Gasteiger partial charge is 0.315 e. The Morgan fingerprint density at radius 2 is 2.23 bits per heavy atom. The van der Waals surface area contributed by atoms with Crippen molar-refractivity contribution in [3.8, 4) is 0 Å². The van der Waals surface area contributed by atoms with Gasteiger partial charge in [-0.15, -0.1) is 6.58 Å². The minimum atomic E-state index is -0.212. The topological polar surface area (TPSA) is 40.6 Å². The van der Waals surface area contributed by atoms with Crippen molar-refractivity contribution in [1.82, 2.24) is 9.80 Å². The first-order chi connectivity index (χ1) is 6.11. The van der Waals surface area contributed by atoms with Crippen molar-refractivity contribution in [2.45, 2.75) is 19.9 Å². The zero-order chi connectivity index (χ0) is 10.0. The fourth-order valence-electron chi connectivity index (χ4n) is 1.32. The summed E-state index contributed by atoms with van der Waals surface area (Å²) in [5.41, 5.74) is 0. The van der Waals surface area contributed by atoms with E-state index in [0.29, 0.717) is 6.54 Å². The molecular formula is C9H14N2O2. The molecule has 1 saturated heterocycles. The second-order valence-corrected chi connectivity index (χ2v) is 3.04. The first-order valence-corrected chi connectivity index (χ1v) is 4.35. The highest BCUT2D eigenvalue weighted by Gasteiger charge is 2.36. The second-order valence-electron chi connectivity index (χ2n) is 3.04. The maximum absolute atomic E-state index is 11.5. The van der Waals surface area contributed by atoms with Crippen LogP contribution in [-0.2, 0) is 4.79 Å². The van der Waals surface area contributed by atoms with Crippen LogP contribution in [0.15, 0.2) is 12.7 Å². The number of nitrogens with zero attached hydrogens (tertiary/aromatic N) is 2. The van der Waals surface area contributed by atoms with Gasteiger partial charge in [-0.05, 0) is 13.8 Å². The Morgan fingerprint density at radius 3 is 2.62 bits per heavy atom. The summed E-state index contributed by atoms with van der Waals surface area (Å²) in [4.78, 5) is 25.7. The molecule has 3 amide bonds. The zero-order valence-electron chi connectivity index (χ0n) is 7.99. The molecule has 0 aromatic rings. The SMILES string of the molecule is C=CC(C)N1C(=O)CN(CC)C1=O. The van der Waals surface area contributed by atoms with Crippen molar-refractivity contribution in [1.29, 1.82) is 0 Å². The lowest BCUT2D eigenvalue weighted by atomic mass is 10.3. The molecule has 72 valence electrons. The second kappa shape index (κ2) is 3.60. The fourth-order valence-corrected chi connectivity index (χ4v) is 1.32. The number of amides is 3. The number of urea groups is 1. The first kappa shape index (κ1) is 9.77. The van der Waals surface area contributed by atoms with Crippen molar-refractivity contribution in [3.05, 3.63) is 12.7 Å². The van der Waals surface area contributed by atoms with E-state index in [2.05, 4.69) is 6.58 Å². The molecular weight excluding hydrogens is 168 g/mol. The average Bonchev–Trinajstić information content (AvgIpc) is 2.40. The summed E-state index contributed by atoms with van der Waals surface area (Å²) in [5, 5.41) is 0. The average molecular weight is 182 g/mol. The maximum atomic E-state index is 11.5. The van der Waals surface area contributed by atoms with Crippen molar-refractivity contribution in [2.24, 2.45) is 0 Å². The molecule has 1 rings (SSSR count). The van der Waals surface area contributed by atoms with E-state index in [1.165, 1.54) is 9.80 Å². The molecule has 1 aliphatic rings. The van der Waals surface area contributed by atoms with E-state index in [-0.39, 0.29) is 24.5 Å². The molecule has 1 fully saturated rings. The van der Waals surface area contributed by atoms with E-state index >= 15 is 0 Å². The van der Waals surface area contributed by atoms with Crippen LogP contribution in [0.25, 0.3) is 0 Å². The fraction of sp³-hybridized carbons (Fsp3) is 0.556. The van der Waals surface area contributed by atoms with Gasteiger partial charge in [-0.1, -0.05) is 6.08 Å². The van der Waals surface area contributed by atoms with Gasteiger partial charge >= 0.3 is 6.03 Å². The Labute approximate surface area is 77.8 Å². The predicted molar refractivity (Wildman–Crippen MR) is 49.1 cm³/mol. The van der Waals surface area contributed by atoms with E-state index < -0.39 is 0 Å². The van der Waals surface area contributed by atoms with Crippen LogP contribution in [0.5, 0.6) is 0 Å². The van der Waals surface area contributed by atoms with Gasteiger partial charge in [-0.3, -0.25) is 9.69 Å². The standard InChI is InChI=1S/C9H14N2O2/c1-4-7(3)11-8(12)6-10(5-2)9(11)13/h4,7H,1,5-6H2,2-3H3. The molecule has 4 heteroatoms. The van der Waals surface area contributed by atoms with Gasteiger partial charge in [-0.25, -0.2) is 4.79 Å². The maximum Gasteiger partial charge on any atom is 0.327 e. The van der Waals surface area contributed by atoms with Crippen LogP contribution < -0.4 is 0 Å². The number of imide groups is 1. The van der Waals surface area contributed by atoms with Crippen LogP contribution in [0.1, 0.15) is 13.8 Å². The highest BCUT2D eigenvalue weighted by atomic mass is 16.2. The molecule has 0 N–H and O–H groups in total. The molecule has 1 unspecified atom stereocenters. The highest BCUT2D eigenvalue weighted by molar-refractivity contribution is 6.02. The molecule has 1 aliphatic heterocycles. The molecule has 1 heterocycles. The third kappa shape index (κ3) is 1.56. The zero-order valence-corrected chi connectivity index (χ0v) is 7.99. The van der Waals surface area contributed by atoms with Crippen LogP contribution >= 0.6 is 0 Å². The first-order valence-electron chi connectivity index (χ1n) is 4.35. The van der Waals surface area contributed by atoms with Gasteiger partial charge in [0.25, 0.3) is 5.91 Å². The van der Waals surface area contributed by atoms with Gasteiger partial charge in [0.1, 0.15) is 6.54 Å². The van der Waals surface area contributed by atoms with Gasteiger partial charge < -0.3 is 4.90 Å². The van der Waals surface area contributed by atoms with Gasteiger partial charge in [0.2, 0.25) is 0 Å². The van der Waals surface area contributed by atoms with Crippen molar-refractivity contribution in [2.75, 3.05) is 13.1 Å². The summed E-state index contributed by atoms with van der Waals surface area (Å²) < 4.78 is 0. The van der Waals surface area contributed by atoms with Crippen LogP contribution in [0.3, 0.4) is 0 Å². The van der Waals surface area contributed by atoms with Crippen molar-refractivity contribution in [3.63, 3.8) is 0 Å². The van der Waals surface area contributed by atoms with Crippen molar-refractivity contribution >= 4 is 11.9 Å². The Morgan fingerprint density at radius 1 is 1.62 bits per heavy atom. The number of hydrogen-bond donors (Lipinski definition) is 0. The number of carbonyl (C=O) groups excluding carboxylic acids is 2. The minimum Gasteiger partial charge on any atom is -0.315 e. The third-order valence-corrected chi connectivity index (χ3v) is 2.20. The van der Waals surface area contributed by atoms with Crippen molar-refractivity contribution < 1.29 is 9.59 Å². The van der Waals surface area contributed by atoms with E-state index in [0.717, 1.165) is 0 Å².